The van der Waals surface area contributed by atoms with Gasteiger partial charge in [0.15, 0.2) is 0 Å². The van der Waals surface area contributed by atoms with E-state index in [1.54, 1.807) is 11.5 Å². The molecule has 1 aliphatic carbocycles. The fourth-order valence-electron chi connectivity index (χ4n) is 2.50. The van der Waals surface area contributed by atoms with Crippen LogP contribution in [0.2, 0.25) is 0 Å². The van der Waals surface area contributed by atoms with Gasteiger partial charge in [-0.25, -0.2) is 0 Å². The quantitative estimate of drug-likeness (QED) is 0.815. The van der Waals surface area contributed by atoms with Crippen LogP contribution >= 0.6 is 11.5 Å². The molecule has 1 saturated carbocycles. The van der Waals surface area contributed by atoms with Crippen molar-refractivity contribution in [1.29, 1.82) is 0 Å². The molecule has 0 aliphatic heterocycles. The highest BCUT2D eigenvalue weighted by Crippen LogP contribution is 2.48. The van der Waals surface area contributed by atoms with E-state index in [1.807, 2.05) is 0 Å². The first kappa shape index (κ1) is 13.7. The van der Waals surface area contributed by atoms with Gasteiger partial charge >= 0.3 is 0 Å². The first-order chi connectivity index (χ1) is 8.71. The van der Waals surface area contributed by atoms with Gasteiger partial charge in [-0.3, -0.25) is 0 Å². The predicted octanol–water partition coefficient (Wildman–Crippen LogP) is 3.87. The topological polar surface area (TPSA) is 42.2 Å². The summed E-state index contributed by atoms with van der Waals surface area (Å²) in [7, 11) is 0. The highest BCUT2D eigenvalue weighted by Gasteiger charge is 2.32. The summed E-state index contributed by atoms with van der Waals surface area (Å²) < 4.78 is 4.38. The zero-order valence-electron chi connectivity index (χ0n) is 11.8. The Labute approximate surface area is 115 Å². The molecule has 0 spiro atoms. The van der Waals surface area contributed by atoms with Crippen LogP contribution in [0.25, 0.3) is 0 Å². The molecule has 1 fully saturated rings. The molecule has 1 aromatic rings. The van der Waals surface area contributed by atoms with E-state index in [0.29, 0.717) is 5.92 Å². The van der Waals surface area contributed by atoms with E-state index >= 15 is 0 Å². The lowest BCUT2D eigenvalue weighted by Gasteiger charge is -2.26. The van der Waals surface area contributed by atoms with E-state index in [-0.39, 0.29) is 0 Å². The number of nitrogen functional groups attached to an aromatic ring is 1. The zero-order chi connectivity index (χ0) is 13.1. The zero-order valence-corrected chi connectivity index (χ0v) is 12.6. The van der Waals surface area contributed by atoms with Crippen molar-refractivity contribution in [2.75, 3.05) is 23.7 Å². The third-order valence-corrected chi connectivity index (χ3v) is 4.96. The van der Waals surface area contributed by atoms with E-state index < -0.39 is 0 Å². The number of nitrogens with two attached hydrogens (primary N) is 1. The van der Waals surface area contributed by atoms with E-state index in [1.165, 1.54) is 36.2 Å². The molecule has 0 radical (unpaired) electrons. The van der Waals surface area contributed by atoms with Crippen molar-refractivity contribution >= 4 is 22.4 Å². The molecular weight excluding hydrogens is 242 g/mol. The minimum Gasteiger partial charge on any atom is -0.383 e. The van der Waals surface area contributed by atoms with Gasteiger partial charge in [-0.1, -0.05) is 26.7 Å². The second-order valence-corrected chi connectivity index (χ2v) is 6.03. The first-order valence-electron chi connectivity index (χ1n) is 7.21. The molecule has 0 atom stereocenters. The summed E-state index contributed by atoms with van der Waals surface area (Å²) in [6.45, 7) is 8.99. The highest BCUT2D eigenvalue weighted by molar-refractivity contribution is 7.10. The molecule has 0 bridgehead atoms. The summed E-state index contributed by atoms with van der Waals surface area (Å²) >= 11 is 1.59. The Bertz CT molecular complexity index is 380. The van der Waals surface area contributed by atoms with E-state index in [2.05, 4.69) is 30.0 Å². The van der Waals surface area contributed by atoms with Gasteiger partial charge in [0.1, 0.15) is 10.8 Å². The van der Waals surface area contributed by atoms with Crippen LogP contribution in [0.3, 0.4) is 0 Å². The second-order valence-electron chi connectivity index (χ2n) is 5.28. The summed E-state index contributed by atoms with van der Waals surface area (Å²) in [4.78, 5) is 2.49. The molecule has 0 saturated heterocycles. The maximum atomic E-state index is 6.04. The van der Waals surface area contributed by atoms with Crippen molar-refractivity contribution < 1.29 is 0 Å². The first-order valence-corrected chi connectivity index (χ1v) is 7.98. The lowest BCUT2D eigenvalue weighted by Crippen LogP contribution is -2.29. The predicted molar refractivity (Wildman–Crippen MR) is 80.5 cm³/mol. The Balaban J connectivity index is 2.16. The molecule has 1 aliphatic rings. The molecule has 0 amide bonds. The largest absolute Gasteiger partial charge is 0.383 e. The van der Waals surface area contributed by atoms with Gasteiger partial charge in [0.2, 0.25) is 0 Å². The van der Waals surface area contributed by atoms with Crippen LogP contribution in [0, 0.1) is 5.92 Å². The van der Waals surface area contributed by atoms with E-state index in [0.717, 1.165) is 24.8 Å². The van der Waals surface area contributed by atoms with Gasteiger partial charge < -0.3 is 10.6 Å². The lowest BCUT2D eigenvalue weighted by atomic mass is 10.0. The standard InChI is InChI=1S/C14H25N3S/c1-4-10(5-2)9-17(6-3)14-12(11-7-8-11)13(15)16-18-14/h10-11H,4-9H2,1-3H3,(H2,15,16). The summed E-state index contributed by atoms with van der Waals surface area (Å²) in [6.07, 6.45) is 5.08. The Morgan fingerprint density at radius 3 is 2.50 bits per heavy atom. The average Bonchev–Trinajstić information content (AvgIpc) is 3.15. The van der Waals surface area contributed by atoms with Crippen LogP contribution in [0.4, 0.5) is 10.8 Å². The highest BCUT2D eigenvalue weighted by atomic mass is 32.1. The molecule has 0 aromatic carbocycles. The lowest BCUT2D eigenvalue weighted by molar-refractivity contribution is 0.487. The summed E-state index contributed by atoms with van der Waals surface area (Å²) in [5.74, 6) is 2.25. The Hall–Kier alpha value is -0.770. The van der Waals surface area contributed by atoms with Crippen molar-refractivity contribution in [2.45, 2.75) is 52.4 Å². The van der Waals surface area contributed by atoms with Gasteiger partial charge in [0, 0.05) is 18.7 Å². The monoisotopic (exact) mass is 267 g/mol. The van der Waals surface area contributed by atoms with Crippen molar-refractivity contribution in [3.05, 3.63) is 5.56 Å². The average molecular weight is 267 g/mol. The van der Waals surface area contributed by atoms with Gasteiger partial charge in [-0.2, -0.15) is 4.37 Å². The number of rotatable bonds is 7. The summed E-state index contributed by atoms with van der Waals surface area (Å²) in [5.41, 5.74) is 7.38. The molecule has 3 nitrogen and oxygen atoms in total. The molecule has 18 heavy (non-hydrogen) atoms. The second kappa shape index (κ2) is 5.91. The number of hydrogen-bond donors (Lipinski definition) is 1. The van der Waals surface area contributed by atoms with E-state index in [4.69, 9.17) is 5.73 Å². The van der Waals surface area contributed by atoms with Gasteiger partial charge in [-0.15, -0.1) is 0 Å². The van der Waals surface area contributed by atoms with Crippen LogP contribution in [0.1, 0.15) is 57.9 Å². The fraction of sp³-hybridized carbons (Fsp3) is 0.786. The van der Waals surface area contributed by atoms with Crippen LogP contribution in [-0.2, 0) is 0 Å². The van der Waals surface area contributed by atoms with Crippen molar-refractivity contribution in [1.82, 2.24) is 4.37 Å². The third kappa shape index (κ3) is 2.79. The van der Waals surface area contributed by atoms with Crippen LogP contribution in [0.5, 0.6) is 0 Å². The SMILES string of the molecule is CCC(CC)CN(CC)c1snc(N)c1C1CC1. The molecule has 4 heteroatoms. The maximum absolute atomic E-state index is 6.04. The number of hydrogen-bond acceptors (Lipinski definition) is 4. The van der Waals surface area contributed by atoms with Crippen molar-refractivity contribution in [3.63, 3.8) is 0 Å². The third-order valence-electron chi connectivity index (χ3n) is 4.02. The summed E-state index contributed by atoms with van der Waals surface area (Å²) in [6, 6.07) is 0. The molecule has 102 valence electrons. The Morgan fingerprint density at radius 1 is 1.33 bits per heavy atom. The smallest absolute Gasteiger partial charge is 0.142 e. The van der Waals surface area contributed by atoms with Crippen LogP contribution in [-0.4, -0.2) is 17.5 Å². The molecule has 2 N–H and O–H groups in total. The van der Waals surface area contributed by atoms with Crippen LogP contribution in [0.15, 0.2) is 0 Å². The maximum Gasteiger partial charge on any atom is 0.142 e. The number of nitrogens with zero attached hydrogens (tertiary/aromatic N) is 2. The molecular formula is C14H25N3S. The molecule has 1 heterocycles. The van der Waals surface area contributed by atoms with Crippen molar-refractivity contribution in [2.24, 2.45) is 5.92 Å². The Kier molecular flexibility index (Phi) is 4.49. The minimum atomic E-state index is 0.689. The summed E-state index contributed by atoms with van der Waals surface area (Å²) in [5, 5.41) is 1.34. The minimum absolute atomic E-state index is 0.689. The Morgan fingerprint density at radius 2 is 2.00 bits per heavy atom. The normalized spacial score (nSPS) is 15.3. The van der Waals surface area contributed by atoms with Gasteiger partial charge in [-0.05, 0) is 43.1 Å². The van der Waals surface area contributed by atoms with E-state index in [9.17, 15) is 0 Å². The molecule has 1 aromatic heterocycles. The van der Waals surface area contributed by atoms with Crippen LogP contribution < -0.4 is 10.6 Å². The molecule has 2 rings (SSSR count). The fourth-order valence-corrected chi connectivity index (χ4v) is 3.47. The molecule has 0 unspecified atom stereocenters. The van der Waals surface area contributed by atoms with Gasteiger partial charge in [0.25, 0.3) is 0 Å². The van der Waals surface area contributed by atoms with Gasteiger partial charge in [0.05, 0.1) is 0 Å². The number of aromatic nitrogens is 1. The van der Waals surface area contributed by atoms with Crippen molar-refractivity contribution in [3.8, 4) is 0 Å². The number of anilines is 2.